The average molecular weight is 467 g/mol. The van der Waals surface area contributed by atoms with E-state index in [1.165, 1.54) is 16.2 Å². The first-order chi connectivity index (χ1) is 16.0. The zero-order valence-electron chi connectivity index (χ0n) is 18.4. The number of carbonyl (C=O) groups is 3. The number of thiazole rings is 1. The van der Waals surface area contributed by atoms with Gasteiger partial charge in [-0.05, 0) is 44.0 Å². The minimum absolute atomic E-state index is 0.183. The van der Waals surface area contributed by atoms with E-state index in [1.54, 1.807) is 4.90 Å². The second kappa shape index (κ2) is 10.4. The highest BCUT2D eigenvalue weighted by molar-refractivity contribution is 7.22. The van der Waals surface area contributed by atoms with Crippen LogP contribution in [0.1, 0.15) is 19.8 Å². The average Bonchev–Trinajstić information content (AvgIpc) is 3.27. The molecule has 2 aromatic carbocycles. The van der Waals surface area contributed by atoms with Crippen molar-refractivity contribution in [2.24, 2.45) is 5.92 Å². The number of rotatable bonds is 6. The molecule has 0 saturated carbocycles. The monoisotopic (exact) mass is 466 g/mol. The number of ether oxygens (including phenoxy) is 1. The molecular formula is C24H26N4O4S. The quantitative estimate of drug-likeness (QED) is 0.552. The Kier molecular flexibility index (Phi) is 7.19. The molecule has 1 N–H and O–H groups in total. The van der Waals surface area contributed by atoms with Crippen molar-refractivity contribution < 1.29 is 19.1 Å². The normalized spacial score (nSPS) is 14.2. The van der Waals surface area contributed by atoms with Crippen molar-refractivity contribution in [1.29, 1.82) is 0 Å². The third-order valence-corrected chi connectivity index (χ3v) is 6.67. The van der Waals surface area contributed by atoms with E-state index in [2.05, 4.69) is 10.3 Å². The molecule has 2 heterocycles. The summed E-state index contributed by atoms with van der Waals surface area (Å²) < 4.78 is 6.34. The number of nitrogens with zero attached hydrogens (tertiary/aromatic N) is 3. The molecule has 3 amide bonds. The van der Waals surface area contributed by atoms with E-state index in [4.69, 9.17) is 4.74 Å². The van der Waals surface area contributed by atoms with Gasteiger partial charge in [-0.3, -0.25) is 14.5 Å². The van der Waals surface area contributed by atoms with Crippen LogP contribution in [0.2, 0.25) is 0 Å². The first-order valence-corrected chi connectivity index (χ1v) is 11.8. The maximum absolute atomic E-state index is 12.7. The summed E-state index contributed by atoms with van der Waals surface area (Å²) in [7, 11) is 0. The van der Waals surface area contributed by atoms with Gasteiger partial charge in [0.15, 0.2) is 11.7 Å². The van der Waals surface area contributed by atoms with E-state index in [9.17, 15) is 14.4 Å². The number of esters is 1. The van der Waals surface area contributed by atoms with E-state index >= 15 is 0 Å². The molecule has 0 unspecified atom stereocenters. The molecule has 4 rings (SSSR count). The number of aromatic nitrogens is 1. The fourth-order valence-corrected chi connectivity index (χ4v) is 4.81. The van der Waals surface area contributed by atoms with Gasteiger partial charge < -0.3 is 15.0 Å². The fraction of sp³-hybridized carbons (Fsp3) is 0.333. The summed E-state index contributed by atoms with van der Waals surface area (Å²) in [5, 5.41) is 3.45. The Morgan fingerprint density at radius 1 is 1.09 bits per heavy atom. The third kappa shape index (κ3) is 5.48. The number of benzene rings is 2. The molecule has 1 aliphatic heterocycles. The molecule has 8 nitrogen and oxygen atoms in total. The number of anilines is 2. The van der Waals surface area contributed by atoms with E-state index in [-0.39, 0.29) is 24.5 Å². The second-order valence-electron chi connectivity index (χ2n) is 7.77. The predicted molar refractivity (Wildman–Crippen MR) is 128 cm³/mol. The summed E-state index contributed by atoms with van der Waals surface area (Å²) in [6.07, 6.45) is 1.01. The molecule has 0 spiro atoms. The van der Waals surface area contributed by atoms with E-state index in [1.807, 2.05) is 61.5 Å². The van der Waals surface area contributed by atoms with Gasteiger partial charge in [0.2, 0.25) is 0 Å². The Morgan fingerprint density at radius 2 is 1.79 bits per heavy atom. The Morgan fingerprint density at radius 3 is 2.48 bits per heavy atom. The molecule has 1 aromatic heterocycles. The second-order valence-corrected chi connectivity index (χ2v) is 8.78. The van der Waals surface area contributed by atoms with Crippen LogP contribution in [0.4, 0.5) is 15.6 Å². The molecule has 0 atom stereocenters. The van der Waals surface area contributed by atoms with E-state index < -0.39 is 5.97 Å². The lowest BCUT2D eigenvalue weighted by Gasteiger charge is -2.31. The van der Waals surface area contributed by atoms with Crippen molar-refractivity contribution in [2.75, 3.05) is 36.5 Å². The standard InChI is InChI=1S/C24H26N4O4S/c1-2-28(24-26-19-10-6-7-11-20(19)33-24)21(29)16-32-22(30)17-12-14-27(15-13-17)23(31)25-18-8-4-3-5-9-18/h3-11,17H,2,12-16H2,1H3,(H,25,31). The van der Waals surface area contributed by atoms with Gasteiger partial charge in [0, 0.05) is 25.3 Å². The number of likely N-dealkylation sites (tertiary alicyclic amines) is 1. The van der Waals surface area contributed by atoms with Crippen LogP contribution in [-0.2, 0) is 14.3 Å². The minimum atomic E-state index is -0.396. The van der Waals surface area contributed by atoms with Crippen LogP contribution >= 0.6 is 11.3 Å². The van der Waals surface area contributed by atoms with Gasteiger partial charge in [0.25, 0.3) is 5.91 Å². The molecular weight excluding hydrogens is 440 g/mol. The molecule has 1 saturated heterocycles. The summed E-state index contributed by atoms with van der Waals surface area (Å²) >= 11 is 1.43. The molecule has 1 fully saturated rings. The van der Waals surface area contributed by atoms with Gasteiger partial charge >= 0.3 is 12.0 Å². The van der Waals surface area contributed by atoms with Gasteiger partial charge in [0.1, 0.15) is 0 Å². The molecule has 3 aromatic rings. The molecule has 1 aliphatic rings. The number of hydrogen-bond donors (Lipinski definition) is 1. The largest absolute Gasteiger partial charge is 0.455 e. The number of likely N-dealkylation sites (N-methyl/N-ethyl adjacent to an activating group) is 1. The van der Waals surface area contributed by atoms with Crippen molar-refractivity contribution >= 4 is 50.3 Å². The fourth-order valence-electron chi connectivity index (χ4n) is 3.76. The highest BCUT2D eigenvalue weighted by Gasteiger charge is 2.29. The summed E-state index contributed by atoms with van der Waals surface area (Å²) in [4.78, 5) is 45.4. The number of piperidine rings is 1. The van der Waals surface area contributed by atoms with Crippen LogP contribution < -0.4 is 10.2 Å². The maximum Gasteiger partial charge on any atom is 0.321 e. The van der Waals surface area contributed by atoms with Gasteiger partial charge in [-0.2, -0.15) is 0 Å². The van der Waals surface area contributed by atoms with Crippen LogP contribution in [0.15, 0.2) is 54.6 Å². The van der Waals surface area contributed by atoms with E-state index in [0.717, 1.165) is 15.9 Å². The third-order valence-electron chi connectivity index (χ3n) is 5.61. The summed E-state index contributed by atoms with van der Waals surface area (Å²) in [6.45, 7) is 2.89. The molecule has 0 bridgehead atoms. The molecule has 9 heteroatoms. The molecule has 0 aliphatic carbocycles. The SMILES string of the molecule is CCN(C(=O)COC(=O)C1CCN(C(=O)Nc2ccccc2)CC1)c1nc2ccccc2s1. The highest BCUT2D eigenvalue weighted by Crippen LogP contribution is 2.28. The number of fused-ring (bicyclic) bond motifs is 1. The van der Waals surface area contributed by atoms with Crippen LogP contribution in [0.5, 0.6) is 0 Å². The zero-order chi connectivity index (χ0) is 23.2. The smallest absolute Gasteiger partial charge is 0.321 e. The Labute approximate surface area is 196 Å². The van der Waals surface area contributed by atoms with Crippen molar-refractivity contribution in [3.63, 3.8) is 0 Å². The van der Waals surface area contributed by atoms with Crippen LogP contribution in [0.3, 0.4) is 0 Å². The maximum atomic E-state index is 12.7. The number of hydrogen-bond acceptors (Lipinski definition) is 6. The number of nitrogens with one attached hydrogen (secondary N) is 1. The lowest BCUT2D eigenvalue weighted by molar-refractivity contribution is -0.153. The van der Waals surface area contributed by atoms with Crippen molar-refractivity contribution in [3.05, 3.63) is 54.6 Å². The highest BCUT2D eigenvalue weighted by atomic mass is 32.1. The van der Waals surface area contributed by atoms with Gasteiger partial charge in [-0.1, -0.05) is 41.7 Å². The van der Waals surface area contributed by atoms with Crippen molar-refractivity contribution in [3.8, 4) is 0 Å². The van der Waals surface area contributed by atoms with Gasteiger partial charge in [-0.15, -0.1) is 0 Å². The molecule has 33 heavy (non-hydrogen) atoms. The van der Waals surface area contributed by atoms with Crippen LogP contribution in [0.25, 0.3) is 10.2 Å². The number of amides is 3. The lowest BCUT2D eigenvalue weighted by Crippen LogP contribution is -2.43. The first kappa shape index (κ1) is 22.7. The van der Waals surface area contributed by atoms with Crippen LogP contribution in [0, 0.1) is 5.92 Å². The topological polar surface area (TPSA) is 91.8 Å². The summed E-state index contributed by atoms with van der Waals surface area (Å²) in [5.41, 5.74) is 1.57. The van der Waals surface area contributed by atoms with E-state index in [0.29, 0.717) is 37.6 Å². The predicted octanol–water partition coefficient (Wildman–Crippen LogP) is 4.14. The summed E-state index contributed by atoms with van der Waals surface area (Å²) in [5.74, 6) is -1.02. The Hall–Kier alpha value is -3.46. The summed E-state index contributed by atoms with van der Waals surface area (Å²) in [6, 6.07) is 16.8. The first-order valence-electron chi connectivity index (χ1n) is 11.0. The lowest BCUT2D eigenvalue weighted by atomic mass is 9.97. The Bertz CT molecular complexity index is 1090. The van der Waals surface area contributed by atoms with Gasteiger partial charge in [-0.25, -0.2) is 9.78 Å². The number of para-hydroxylation sites is 2. The zero-order valence-corrected chi connectivity index (χ0v) is 19.2. The molecule has 172 valence electrons. The van der Waals surface area contributed by atoms with Crippen LogP contribution in [-0.4, -0.2) is 54.0 Å². The Balaban J connectivity index is 1.25. The molecule has 0 radical (unpaired) electrons. The van der Waals surface area contributed by atoms with Gasteiger partial charge in [0.05, 0.1) is 16.1 Å². The van der Waals surface area contributed by atoms with Crippen molar-refractivity contribution in [2.45, 2.75) is 19.8 Å². The minimum Gasteiger partial charge on any atom is -0.455 e. The number of urea groups is 1. The number of carbonyl (C=O) groups excluding carboxylic acids is 3. The van der Waals surface area contributed by atoms with Crippen molar-refractivity contribution in [1.82, 2.24) is 9.88 Å².